The monoisotopic (exact) mass is 432 g/mol. The molecular weight excluding hydrogens is 419 g/mol. The van der Waals surface area contributed by atoms with E-state index in [-0.39, 0.29) is 5.91 Å². The number of carbonyl (C=O) groups is 1. The number of methoxy groups -OCH3 is 1. The van der Waals surface area contributed by atoms with Crippen LogP contribution < -0.4 is 9.54 Å². The van der Waals surface area contributed by atoms with Crippen molar-refractivity contribution in [3.63, 3.8) is 0 Å². The summed E-state index contributed by atoms with van der Waals surface area (Å²) >= 11 is 16.4. The second-order valence-electron chi connectivity index (χ2n) is 5.02. The summed E-state index contributed by atoms with van der Waals surface area (Å²) in [6.07, 6.45) is 2.05. The van der Waals surface area contributed by atoms with E-state index in [0.29, 0.717) is 19.0 Å². The van der Waals surface area contributed by atoms with Gasteiger partial charge < -0.3 is 9.30 Å². The van der Waals surface area contributed by atoms with E-state index in [2.05, 4.69) is 4.99 Å². The van der Waals surface area contributed by atoms with Gasteiger partial charge in [-0.1, -0.05) is 34.5 Å². The number of hydrogen-bond acceptors (Lipinski definition) is 5. The molecule has 2 heterocycles. The molecule has 0 saturated heterocycles. The first-order valence-electron chi connectivity index (χ1n) is 7.23. The van der Waals surface area contributed by atoms with Crippen molar-refractivity contribution in [2.75, 3.05) is 19.1 Å². The minimum atomic E-state index is -0.385. The second kappa shape index (κ2) is 8.14. The number of nitrogens with zero attached hydrogens (tertiary/aromatic N) is 2. The molecule has 1 aromatic carbocycles. The molecule has 0 saturated carbocycles. The van der Waals surface area contributed by atoms with Gasteiger partial charge in [0, 0.05) is 18.4 Å². The van der Waals surface area contributed by atoms with Crippen molar-refractivity contribution in [3.8, 4) is 5.75 Å². The summed E-state index contributed by atoms with van der Waals surface area (Å²) in [6.45, 7) is 0.749. The van der Waals surface area contributed by atoms with Gasteiger partial charge in [-0.15, -0.1) is 11.3 Å². The maximum absolute atomic E-state index is 12.5. The lowest BCUT2D eigenvalue weighted by Gasteiger charge is -2.05. The fourth-order valence-corrected chi connectivity index (χ4v) is 5.14. The van der Waals surface area contributed by atoms with E-state index in [1.54, 1.807) is 24.9 Å². The summed E-state index contributed by atoms with van der Waals surface area (Å²) < 4.78 is 9.23. The molecule has 2 aromatic heterocycles. The summed E-state index contributed by atoms with van der Waals surface area (Å²) in [6, 6.07) is 7.40. The molecule has 0 N–H and O–H groups in total. The number of ether oxygens (including phenoxy) is 1. The molecule has 0 spiro atoms. The first-order chi connectivity index (χ1) is 12.0. The van der Waals surface area contributed by atoms with Crippen LogP contribution in [0.2, 0.25) is 8.67 Å². The van der Waals surface area contributed by atoms with Gasteiger partial charge in [-0.25, -0.2) is 0 Å². The SMILES string of the molecule is COc1ccc2sc(=NC(=O)c3cc(Cl)sc3Cl)n(CCSC)c2c1. The van der Waals surface area contributed by atoms with Crippen LogP contribution in [0.25, 0.3) is 10.2 Å². The molecule has 0 bridgehead atoms. The molecule has 3 aromatic rings. The quantitative estimate of drug-likeness (QED) is 0.557. The van der Waals surface area contributed by atoms with Gasteiger partial charge in [0.1, 0.15) is 10.1 Å². The fourth-order valence-electron chi connectivity index (χ4n) is 2.29. The topological polar surface area (TPSA) is 43.6 Å². The van der Waals surface area contributed by atoms with Crippen LogP contribution in [-0.2, 0) is 6.54 Å². The van der Waals surface area contributed by atoms with Crippen LogP contribution >= 0.6 is 57.6 Å². The van der Waals surface area contributed by atoms with E-state index in [0.717, 1.165) is 39.6 Å². The van der Waals surface area contributed by atoms with Crippen LogP contribution in [0.3, 0.4) is 0 Å². The lowest BCUT2D eigenvalue weighted by Crippen LogP contribution is -2.18. The van der Waals surface area contributed by atoms with Crippen LogP contribution in [0.5, 0.6) is 5.75 Å². The number of amides is 1. The van der Waals surface area contributed by atoms with Crippen molar-refractivity contribution >= 4 is 73.8 Å². The summed E-state index contributed by atoms with van der Waals surface area (Å²) in [5.74, 6) is 1.30. The molecule has 0 atom stereocenters. The number of aryl methyl sites for hydroxylation is 1. The Morgan fingerprint density at radius 2 is 2.12 bits per heavy atom. The molecule has 0 aliphatic rings. The van der Waals surface area contributed by atoms with Crippen LogP contribution in [0.15, 0.2) is 29.3 Å². The van der Waals surface area contributed by atoms with Crippen molar-refractivity contribution in [1.29, 1.82) is 0 Å². The van der Waals surface area contributed by atoms with Gasteiger partial charge in [0.25, 0.3) is 5.91 Å². The van der Waals surface area contributed by atoms with E-state index >= 15 is 0 Å². The highest BCUT2D eigenvalue weighted by Crippen LogP contribution is 2.31. The molecule has 0 aliphatic carbocycles. The van der Waals surface area contributed by atoms with Crippen LogP contribution in [0.1, 0.15) is 10.4 Å². The molecule has 0 unspecified atom stereocenters. The Labute approximate surface area is 167 Å². The summed E-state index contributed by atoms with van der Waals surface area (Å²) in [7, 11) is 1.64. The highest BCUT2D eigenvalue weighted by molar-refractivity contribution is 7.98. The van der Waals surface area contributed by atoms with Gasteiger partial charge in [0.15, 0.2) is 4.80 Å². The van der Waals surface area contributed by atoms with E-state index in [9.17, 15) is 4.79 Å². The third-order valence-electron chi connectivity index (χ3n) is 3.49. The van der Waals surface area contributed by atoms with Gasteiger partial charge in [-0.05, 0) is 24.5 Å². The highest BCUT2D eigenvalue weighted by atomic mass is 35.5. The number of halogens is 2. The predicted octanol–water partition coefficient (Wildman–Crippen LogP) is 5.18. The Hall–Kier alpha value is -0.990. The number of thioether (sulfide) groups is 1. The Morgan fingerprint density at radius 1 is 1.32 bits per heavy atom. The van der Waals surface area contributed by atoms with Crippen LogP contribution in [0.4, 0.5) is 0 Å². The Balaban J connectivity index is 2.13. The number of hydrogen-bond donors (Lipinski definition) is 0. The average Bonchev–Trinajstić information content (AvgIpc) is 3.11. The molecule has 132 valence electrons. The number of fused-ring (bicyclic) bond motifs is 1. The molecule has 0 aliphatic heterocycles. The van der Waals surface area contributed by atoms with Crippen LogP contribution in [0, 0.1) is 0 Å². The van der Waals surface area contributed by atoms with Gasteiger partial charge in [0.2, 0.25) is 0 Å². The first-order valence-corrected chi connectivity index (χ1v) is 11.0. The maximum atomic E-state index is 12.5. The third-order valence-corrected chi connectivity index (χ3v) is 6.63. The zero-order valence-electron chi connectivity index (χ0n) is 13.4. The molecule has 25 heavy (non-hydrogen) atoms. The van der Waals surface area contributed by atoms with Gasteiger partial charge in [-0.2, -0.15) is 16.8 Å². The molecule has 3 rings (SSSR count). The van der Waals surface area contributed by atoms with Gasteiger partial charge in [-0.3, -0.25) is 4.79 Å². The van der Waals surface area contributed by atoms with Gasteiger partial charge in [0.05, 0.1) is 27.2 Å². The number of rotatable bonds is 5. The van der Waals surface area contributed by atoms with E-state index < -0.39 is 0 Å². The standard InChI is InChI=1S/C16H14Cl2N2O2S3/c1-22-9-3-4-12-11(7-9)20(5-6-23-2)16(24-12)19-15(21)10-8-13(17)25-14(10)18/h3-4,7-8H,5-6H2,1-2H3. The second-order valence-corrected chi connectivity index (χ2v) is 9.30. The lowest BCUT2D eigenvalue weighted by molar-refractivity contribution is 0.0998. The van der Waals surface area contributed by atoms with E-state index in [4.69, 9.17) is 27.9 Å². The Kier molecular flexibility index (Phi) is 6.12. The van der Waals surface area contributed by atoms with E-state index in [1.807, 2.05) is 29.0 Å². The normalized spacial score (nSPS) is 12.1. The Bertz CT molecular complexity index is 991. The number of carbonyl (C=O) groups excluding carboxylic acids is 1. The zero-order chi connectivity index (χ0) is 18.0. The number of aromatic nitrogens is 1. The summed E-state index contributed by atoms with van der Waals surface area (Å²) in [5.41, 5.74) is 1.34. The van der Waals surface area contributed by atoms with Crippen molar-refractivity contribution in [1.82, 2.24) is 4.57 Å². The van der Waals surface area contributed by atoms with Crippen molar-refractivity contribution < 1.29 is 9.53 Å². The smallest absolute Gasteiger partial charge is 0.282 e. The molecule has 9 heteroatoms. The van der Waals surface area contributed by atoms with E-state index in [1.165, 1.54) is 11.3 Å². The number of thiazole rings is 1. The van der Waals surface area contributed by atoms with Crippen molar-refractivity contribution in [3.05, 3.63) is 43.3 Å². The summed E-state index contributed by atoms with van der Waals surface area (Å²) in [5, 5.41) is 0. The molecule has 0 radical (unpaired) electrons. The minimum absolute atomic E-state index is 0.336. The predicted molar refractivity (Wildman–Crippen MR) is 109 cm³/mol. The zero-order valence-corrected chi connectivity index (χ0v) is 17.4. The Morgan fingerprint density at radius 3 is 2.76 bits per heavy atom. The molecule has 1 amide bonds. The fraction of sp³-hybridized carbons (Fsp3) is 0.250. The average molecular weight is 433 g/mol. The van der Waals surface area contributed by atoms with Gasteiger partial charge >= 0.3 is 0 Å². The molecular formula is C16H14Cl2N2O2S3. The maximum Gasteiger partial charge on any atom is 0.282 e. The number of thiophene rings is 1. The van der Waals surface area contributed by atoms with Crippen molar-refractivity contribution in [2.24, 2.45) is 4.99 Å². The largest absolute Gasteiger partial charge is 0.497 e. The minimum Gasteiger partial charge on any atom is -0.497 e. The molecule has 0 fully saturated rings. The van der Waals surface area contributed by atoms with Crippen molar-refractivity contribution in [2.45, 2.75) is 6.54 Å². The third kappa shape index (κ3) is 4.06. The summed E-state index contributed by atoms with van der Waals surface area (Å²) in [4.78, 5) is 17.5. The number of benzene rings is 1. The lowest BCUT2D eigenvalue weighted by atomic mass is 10.3. The highest BCUT2D eigenvalue weighted by Gasteiger charge is 2.15. The first kappa shape index (κ1) is 18.8. The molecule has 4 nitrogen and oxygen atoms in total. The van der Waals surface area contributed by atoms with Crippen LogP contribution in [-0.4, -0.2) is 29.6 Å².